The first-order chi connectivity index (χ1) is 16.5. The van der Waals surface area contributed by atoms with Gasteiger partial charge in [0, 0.05) is 24.8 Å². The van der Waals surface area contributed by atoms with Crippen LogP contribution < -0.4 is 9.64 Å². The molecule has 0 saturated carbocycles. The molecule has 0 unspecified atom stereocenters. The van der Waals surface area contributed by atoms with Crippen molar-refractivity contribution in [1.82, 2.24) is 15.0 Å². The Hall–Kier alpha value is -3.87. The van der Waals surface area contributed by atoms with Crippen molar-refractivity contribution in [3.63, 3.8) is 0 Å². The van der Waals surface area contributed by atoms with E-state index in [1.807, 2.05) is 13.1 Å². The lowest BCUT2D eigenvalue weighted by atomic mass is 9.97. The summed E-state index contributed by atoms with van der Waals surface area (Å²) in [6.07, 6.45) is 3.89. The van der Waals surface area contributed by atoms with E-state index in [9.17, 15) is 9.90 Å². The molecule has 2 N–H and O–H groups in total. The summed E-state index contributed by atoms with van der Waals surface area (Å²) in [6.45, 7) is 6.43. The molecule has 1 fully saturated rings. The fraction of sp³-hybridized carbons (Fsp3) is 0.296. The van der Waals surface area contributed by atoms with Crippen molar-refractivity contribution in [3.8, 4) is 17.1 Å². The largest absolute Gasteiger partial charge is 0.493 e. The Morgan fingerprint density at radius 1 is 1.12 bits per heavy atom. The number of nitrogens with one attached hydrogen (secondary N) is 1. The van der Waals surface area contributed by atoms with Crippen molar-refractivity contribution in [2.75, 3.05) is 24.6 Å². The summed E-state index contributed by atoms with van der Waals surface area (Å²) in [5, 5.41) is 9.21. The molecule has 1 saturated heterocycles. The number of nitrogens with zero attached hydrogens (tertiary/aromatic N) is 3. The molecule has 1 aliphatic heterocycles. The molecule has 174 valence electrons. The minimum absolute atomic E-state index is 0.253. The molecule has 7 nitrogen and oxygen atoms in total. The average molecular weight is 457 g/mol. The molecule has 1 aliphatic rings. The minimum Gasteiger partial charge on any atom is -0.493 e. The topological polar surface area (TPSA) is 91.3 Å². The highest BCUT2D eigenvalue weighted by Crippen LogP contribution is 2.27. The monoisotopic (exact) mass is 456 g/mol. The first-order valence-electron chi connectivity index (χ1n) is 11.6. The third-order valence-corrected chi connectivity index (χ3v) is 6.51. The van der Waals surface area contributed by atoms with Crippen LogP contribution in [-0.2, 0) is 0 Å². The quantitative estimate of drug-likeness (QED) is 0.413. The van der Waals surface area contributed by atoms with E-state index in [0.29, 0.717) is 18.3 Å². The predicted octanol–water partition coefficient (Wildman–Crippen LogP) is 5.24. The van der Waals surface area contributed by atoms with Crippen molar-refractivity contribution in [2.24, 2.45) is 5.92 Å². The number of aromatic nitrogens is 3. The molecular formula is C27H28N4O3. The summed E-state index contributed by atoms with van der Waals surface area (Å²) in [7, 11) is 0. The van der Waals surface area contributed by atoms with E-state index in [-0.39, 0.29) is 5.56 Å². The zero-order valence-corrected chi connectivity index (χ0v) is 19.4. The number of hydrogen-bond acceptors (Lipinski definition) is 5. The highest BCUT2D eigenvalue weighted by molar-refractivity contribution is 5.88. The van der Waals surface area contributed by atoms with Gasteiger partial charge in [0.05, 0.1) is 23.2 Å². The van der Waals surface area contributed by atoms with Crippen molar-refractivity contribution in [1.29, 1.82) is 0 Å². The normalized spacial score (nSPS) is 14.5. The van der Waals surface area contributed by atoms with Crippen LogP contribution in [0.25, 0.3) is 22.4 Å². The van der Waals surface area contributed by atoms with E-state index in [4.69, 9.17) is 14.7 Å². The zero-order chi connectivity index (χ0) is 23.7. The van der Waals surface area contributed by atoms with E-state index in [2.05, 4.69) is 47.1 Å². The van der Waals surface area contributed by atoms with Crippen LogP contribution >= 0.6 is 0 Å². The van der Waals surface area contributed by atoms with Gasteiger partial charge in [-0.3, -0.25) is 0 Å². The van der Waals surface area contributed by atoms with Gasteiger partial charge in [-0.15, -0.1) is 0 Å². The lowest BCUT2D eigenvalue weighted by Crippen LogP contribution is -2.36. The number of aromatic carboxylic acids is 1. The van der Waals surface area contributed by atoms with Crippen LogP contribution in [-0.4, -0.2) is 45.7 Å². The molecule has 2 aromatic heterocycles. The number of fused-ring (bicyclic) bond motifs is 1. The molecule has 2 aromatic carbocycles. The van der Waals surface area contributed by atoms with E-state index in [1.165, 1.54) is 5.56 Å². The van der Waals surface area contributed by atoms with Crippen molar-refractivity contribution in [2.45, 2.75) is 26.7 Å². The maximum atomic E-state index is 11.2. The molecular weight excluding hydrogens is 428 g/mol. The number of aromatic amines is 1. The first-order valence-corrected chi connectivity index (χ1v) is 11.6. The van der Waals surface area contributed by atoms with Crippen LogP contribution in [0.4, 0.5) is 5.82 Å². The van der Waals surface area contributed by atoms with Gasteiger partial charge in [-0.1, -0.05) is 12.1 Å². The minimum atomic E-state index is -0.938. The van der Waals surface area contributed by atoms with E-state index in [1.54, 1.807) is 18.2 Å². The molecule has 7 heteroatoms. The lowest BCUT2D eigenvalue weighted by Gasteiger charge is -2.32. The highest BCUT2D eigenvalue weighted by atomic mass is 16.5. The number of carbonyl (C=O) groups is 1. The van der Waals surface area contributed by atoms with Gasteiger partial charge in [0.15, 0.2) is 0 Å². The Balaban J connectivity index is 1.18. The highest BCUT2D eigenvalue weighted by Gasteiger charge is 2.21. The van der Waals surface area contributed by atoms with Crippen LogP contribution in [0.15, 0.2) is 54.7 Å². The van der Waals surface area contributed by atoms with Gasteiger partial charge in [0.2, 0.25) is 0 Å². The molecule has 0 radical (unpaired) electrons. The van der Waals surface area contributed by atoms with Crippen molar-refractivity contribution >= 4 is 22.8 Å². The molecule has 0 spiro atoms. The third-order valence-electron chi connectivity index (χ3n) is 6.51. The Bertz CT molecular complexity index is 1320. The van der Waals surface area contributed by atoms with Crippen LogP contribution in [0, 0.1) is 19.8 Å². The smallest absolute Gasteiger partial charge is 0.335 e. The second-order valence-electron chi connectivity index (χ2n) is 9.04. The van der Waals surface area contributed by atoms with Crippen LogP contribution in [0.3, 0.4) is 0 Å². The number of pyridine rings is 1. The van der Waals surface area contributed by atoms with E-state index >= 15 is 0 Å². The molecule has 3 heterocycles. The van der Waals surface area contributed by atoms with Gasteiger partial charge in [0.1, 0.15) is 17.4 Å². The predicted molar refractivity (Wildman–Crippen MR) is 133 cm³/mol. The first kappa shape index (κ1) is 21.9. The van der Waals surface area contributed by atoms with E-state index < -0.39 is 5.97 Å². The number of anilines is 1. The van der Waals surface area contributed by atoms with Gasteiger partial charge in [-0.25, -0.2) is 14.8 Å². The van der Waals surface area contributed by atoms with Gasteiger partial charge >= 0.3 is 5.97 Å². The fourth-order valence-corrected chi connectivity index (χ4v) is 4.39. The number of imidazole rings is 1. The fourth-order valence-electron chi connectivity index (χ4n) is 4.39. The van der Waals surface area contributed by atoms with Gasteiger partial charge < -0.3 is 19.7 Å². The second kappa shape index (κ2) is 9.17. The summed E-state index contributed by atoms with van der Waals surface area (Å²) in [4.78, 5) is 26.3. The van der Waals surface area contributed by atoms with Crippen molar-refractivity contribution < 1.29 is 14.6 Å². The molecule has 4 aromatic rings. The Labute approximate surface area is 198 Å². The molecule has 0 aliphatic carbocycles. The van der Waals surface area contributed by atoms with Crippen molar-refractivity contribution in [3.05, 3.63) is 71.4 Å². The number of carboxylic acid groups (broad SMARTS) is 1. The standard InChI is InChI=1S/C27H28N4O3/c1-17-3-7-22-23(13-17)30-26(29-22)21-6-8-25(28-15-21)31-11-9-19(10-12-31)16-34-24-14-20(27(32)33)5-4-18(24)2/h3-8,13-15,19H,9-12,16H2,1-2H3,(H,29,30)(H,32,33). The number of benzene rings is 2. The van der Waals surface area contributed by atoms with E-state index in [0.717, 1.165) is 59.7 Å². The number of carboxylic acids is 1. The summed E-state index contributed by atoms with van der Waals surface area (Å²) in [5.41, 5.74) is 5.36. The molecule has 5 rings (SSSR count). The van der Waals surface area contributed by atoms with Gasteiger partial charge in [-0.05, 0) is 80.1 Å². The van der Waals surface area contributed by atoms with Gasteiger partial charge in [-0.2, -0.15) is 0 Å². The number of ether oxygens (including phenoxy) is 1. The third kappa shape index (κ3) is 4.59. The molecule has 0 atom stereocenters. The summed E-state index contributed by atoms with van der Waals surface area (Å²) in [5.74, 6) is 1.95. The number of aryl methyl sites for hydroxylation is 2. The Morgan fingerprint density at radius 2 is 1.94 bits per heavy atom. The number of rotatable bonds is 6. The summed E-state index contributed by atoms with van der Waals surface area (Å²) in [6, 6.07) is 15.4. The summed E-state index contributed by atoms with van der Waals surface area (Å²) >= 11 is 0. The van der Waals surface area contributed by atoms with Crippen LogP contribution in [0.5, 0.6) is 5.75 Å². The Kier molecular flexibility index (Phi) is 5.92. The maximum absolute atomic E-state index is 11.2. The lowest BCUT2D eigenvalue weighted by molar-refractivity contribution is 0.0696. The van der Waals surface area contributed by atoms with Crippen LogP contribution in [0.1, 0.15) is 34.3 Å². The molecule has 34 heavy (non-hydrogen) atoms. The molecule has 0 amide bonds. The Morgan fingerprint density at radius 3 is 2.68 bits per heavy atom. The number of hydrogen-bond donors (Lipinski definition) is 2. The summed E-state index contributed by atoms with van der Waals surface area (Å²) < 4.78 is 6.00. The zero-order valence-electron chi connectivity index (χ0n) is 19.4. The van der Waals surface area contributed by atoms with Crippen LogP contribution in [0.2, 0.25) is 0 Å². The number of piperidine rings is 1. The SMILES string of the molecule is Cc1ccc2[nH]c(-c3ccc(N4CCC(COc5cc(C(=O)O)ccc5C)CC4)nc3)nc2c1. The van der Waals surface area contributed by atoms with Gasteiger partial charge in [0.25, 0.3) is 0 Å². The number of H-pyrrole nitrogens is 1. The molecule has 0 bridgehead atoms. The maximum Gasteiger partial charge on any atom is 0.335 e. The second-order valence-corrected chi connectivity index (χ2v) is 9.04. The average Bonchev–Trinajstić information content (AvgIpc) is 3.27.